The van der Waals surface area contributed by atoms with Crippen LogP contribution in [0.1, 0.15) is 44.5 Å². The first-order valence-corrected chi connectivity index (χ1v) is 33.0. The van der Waals surface area contributed by atoms with E-state index in [2.05, 4.69) is 94.0 Å². The minimum Gasteiger partial charge on any atom is -0.424 e. The smallest absolute Gasteiger partial charge is 0.328 e. The Kier molecular flexibility index (Phi) is 22.1. The van der Waals surface area contributed by atoms with Crippen LogP contribution in [-0.4, -0.2) is 29.9 Å². The number of aryl methyl sites for hydroxylation is 8. The van der Waals surface area contributed by atoms with Crippen LogP contribution in [0.2, 0.25) is 0 Å². The van der Waals surface area contributed by atoms with E-state index in [4.69, 9.17) is 30.2 Å². The van der Waals surface area contributed by atoms with Gasteiger partial charge in [-0.2, -0.15) is 19.9 Å². The number of benzene rings is 10. The Labute approximate surface area is 542 Å². The summed E-state index contributed by atoms with van der Waals surface area (Å²) in [5, 5.41) is 2.67. The van der Waals surface area contributed by atoms with Gasteiger partial charge in [-0.05, 0) is 161 Å². The molecule has 0 aliphatic rings. The van der Waals surface area contributed by atoms with Crippen molar-refractivity contribution in [2.24, 2.45) is 0 Å². The lowest BCUT2D eigenvalue weighted by molar-refractivity contribution is 0.397. The average molecular weight is 1310 g/mol. The standard InChI is InChI=1S/C37H30F2N3O3P.C21H13F2N3O2.C16H18ClP.FH/c1-23-15-19-31(25(3)21-23)46(43,32-20-16-24(2)22-26(32)4)34-30(38)18-17-29(33(34)39)35-40-36(44-27-11-7-5-8-12-27)42-37(41-35)45-28-13-9-6-10-14-28;22-14-11-12-17(18(23)13-14)19-24-20(27-15-7-3-1-4-8-15)26-21(25-19)28-16-9-5-2-6-10-16;1-11-5-7-15(13(3)9-11)18(17)16-8-6-12(2)10-14(16)4;/h5-22H,1-4H3;1-13H;5-10H,1-4H3;1H. The fraction of sp³-hybridized carbons (Fsp3) is 0.108. The van der Waals surface area contributed by atoms with E-state index >= 15 is 13.3 Å². The van der Waals surface area contributed by atoms with Crippen molar-refractivity contribution in [3.8, 4) is 69.8 Å². The number of halogens is 6. The van der Waals surface area contributed by atoms with Gasteiger partial charge in [0.25, 0.3) is 0 Å². The molecule has 0 unspecified atom stereocenters. The van der Waals surface area contributed by atoms with Gasteiger partial charge in [0, 0.05) is 16.7 Å². The van der Waals surface area contributed by atoms with Crippen LogP contribution in [0.4, 0.5) is 22.3 Å². The first kappa shape index (κ1) is 67.4. The second kappa shape index (κ2) is 30.4. The van der Waals surface area contributed by atoms with Crippen LogP contribution in [0.25, 0.3) is 22.8 Å². The van der Waals surface area contributed by atoms with Gasteiger partial charge in [0.2, 0.25) is 0 Å². The number of aromatic nitrogens is 6. The van der Waals surface area contributed by atoms with Crippen LogP contribution < -0.4 is 45.5 Å². The molecule has 470 valence electrons. The molecule has 93 heavy (non-hydrogen) atoms. The zero-order valence-electron chi connectivity index (χ0n) is 51.8. The summed E-state index contributed by atoms with van der Waals surface area (Å²) in [6.45, 7) is 15.9. The second-order valence-electron chi connectivity index (χ2n) is 21.5. The Hall–Kier alpha value is -9.98. The van der Waals surface area contributed by atoms with Crippen molar-refractivity contribution in [1.29, 1.82) is 0 Å². The zero-order valence-corrected chi connectivity index (χ0v) is 54.3. The van der Waals surface area contributed by atoms with Gasteiger partial charge in [0.05, 0.1) is 23.7 Å². The van der Waals surface area contributed by atoms with Crippen LogP contribution in [0, 0.1) is 78.7 Å². The van der Waals surface area contributed by atoms with Crippen molar-refractivity contribution < 1.29 is 45.8 Å². The van der Waals surface area contributed by atoms with Gasteiger partial charge < -0.3 is 23.5 Å². The molecule has 0 spiro atoms. The Morgan fingerprint density at radius 1 is 0.366 bits per heavy atom. The van der Waals surface area contributed by atoms with E-state index in [-0.39, 0.29) is 51.5 Å². The maximum absolute atomic E-state index is 17.0. The molecule has 0 atom stereocenters. The Morgan fingerprint density at radius 2 is 0.699 bits per heavy atom. The van der Waals surface area contributed by atoms with Gasteiger partial charge in [-0.3, -0.25) is 4.70 Å². The Bertz CT molecular complexity index is 4420. The predicted octanol–water partition coefficient (Wildman–Crippen LogP) is 18.3. The number of hydrogen-bond acceptors (Lipinski definition) is 11. The molecule has 11 nitrogen and oxygen atoms in total. The lowest BCUT2D eigenvalue weighted by atomic mass is 10.1. The highest BCUT2D eigenvalue weighted by molar-refractivity contribution is 7.95. The van der Waals surface area contributed by atoms with Gasteiger partial charge in [0.15, 0.2) is 18.8 Å². The van der Waals surface area contributed by atoms with Gasteiger partial charge >= 0.3 is 24.0 Å². The highest BCUT2D eigenvalue weighted by Gasteiger charge is 2.39. The van der Waals surface area contributed by atoms with Crippen molar-refractivity contribution >= 4 is 52.2 Å². The summed E-state index contributed by atoms with van der Waals surface area (Å²) >= 11 is 6.71. The third-order valence-electron chi connectivity index (χ3n) is 14.3. The van der Waals surface area contributed by atoms with Crippen LogP contribution in [-0.2, 0) is 4.57 Å². The van der Waals surface area contributed by atoms with E-state index in [1.54, 1.807) is 135 Å². The molecular formula is C74H62ClF5N6O5P2. The van der Waals surface area contributed by atoms with Gasteiger partial charge in [-0.25, -0.2) is 17.6 Å². The monoisotopic (exact) mass is 1310 g/mol. The summed E-state index contributed by atoms with van der Waals surface area (Å²) in [6, 6.07) is 64.0. The number of para-hydroxylation sites is 4. The van der Waals surface area contributed by atoms with E-state index in [1.165, 1.54) is 45.0 Å². The highest BCUT2D eigenvalue weighted by Crippen LogP contribution is 2.48. The maximum Gasteiger partial charge on any atom is 0.328 e. The molecule has 0 aliphatic heterocycles. The number of hydrogen-bond donors (Lipinski definition) is 0. The molecule has 0 fully saturated rings. The van der Waals surface area contributed by atoms with Gasteiger partial charge in [0.1, 0.15) is 46.3 Å². The van der Waals surface area contributed by atoms with Crippen molar-refractivity contribution in [1.82, 2.24) is 29.9 Å². The molecular weight excluding hydrogens is 1250 g/mol. The summed E-state index contributed by atoms with van der Waals surface area (Å²) in [6.07, 6.45) is 0. The maximum atomic E-state index is 17.0. The predicted molar refractivity (Wildman–Crippen MR) is 361 cm³/mol. The van der Waals surface area contributed by atoms with E-state index in [9.17, 15) is 8.78 Å². The van der Waals surface area contributed by atoms with Crippen molar-refractivity contribution in [2.45, 2.75) is 55.4 Å². The molecule has 2 aromatic heterocycles. The third-order valence-corrected chi connectivity index (χ3v) is 20.6. The van der Waals surface area contributed by atoms with Crippen LogP contribution in [0.15, 0.2) is 224 Å². The molecule has 19 heteroatoms. The number of rotatable bonds is 15. The molecule has 0 N–H and O–H groups in total. The molecule has 0 amide bonds. The largest absolute Gasteiger partial charge is 0.424 e. The summed E-state index contributed by atoms with van der Waals surface area (Å²) in [7, 11) is -4.90. The summed E-state index contributed by atoms with van der Waals surface area (Å²) in [4.78, 5) is 25.5. The summed E-state index contributed by atoms with van der Waals surface area (Å²) in [5.41, 5.74) is 8.15. The SMILES string of the molecule is Cc1ccc(P(=O)(c2ccc(C)cc2C)c2c(F)ccc(-c3nc(Oc4ccccc4)nc(Oc4ccccc4)n3)c2F)c(C)c1.Cc1ccc(P(Cl)c2ccc(C)cc2C)c(C)c1.F.Fc1ccc(-c2nc(Oc3ccccc3)nc(Oc3ccccc3)n2)c(F)c1. The van der Waals surface area contributed by atoms with Gasteiger partial charge in [-0.15, -0.1) is 9.97 Å². The first-order chi connectivity index (χ1) is 44.3. The Balaban J connectivity index is 0.000000183. The molecule has 10 aromatic carbocycles. The van der Waals surface area contributed by atoms with E-state index in [1.807, 2.05) is 50.2 Å². The van der Waals surface area contributed by atoms with Crippen molar-refractivity contribution in [3.63, 3.8) is 0 Å². The molecule has 12 rings (SSSR count). The lowest BCUT2D eigenvalue weighted by Gasteiger charge is -2.25. The van der Waals surface area contributed by atoms with E-state index in [0.717, 1.165) is 29.3 Å². The fourth-order valence-electron chi connectivity index (χ4n) is 10.0. The molecule has 0 radical (unpaired) electrons. The van der Waals surface area contributed by atoms with E-state index < -0.39 is 43.0 Å². The van der Waals surface area contributed by atoms with Crippen LogP contribution >= 0.6 is 25.7 Å². The number of ether oxygens (including phenoxy) is 4. The number of nitrogens with zero attached hydrogens (tertiary/aromatic N) is 6. The van der Waals surface area contributed by atoms with Crippen LogP contribution in [0.3, 0.4) is 0 Å². The molecule has 0 bridgehead atoms. The lowest BCUT2D eigenvalue weighted by Crippen LogP contribution is -2.32. The van der Waals surface area contributed by atoms with Crippen molar-refractivity contribution in [2.75, 3.05) is 0 Å². The van der Waals surface area contributed by atoms with Gasteiger partial charge in [-0.1, -0.05) is 179 Å². The fourth-order valence-corrected chi connectivity index (χ4v) is 15.8. The minimum atomic E-state index is -4.13. The van der Waals surface area contributed by atoms with E-state index in [0.29, 0.717) is 44.7 Å². The average Bonchev–Trinajstić information content (AvgIpc) is 0.737. The second-order valence-corrected chi connectivity index (χ2v) is 26.7. The molecule has 12 aromatic rings. The quantitative estimate of drug-likeness (QED) is 0.0718. The minimum absolute atomic E-state index is 0. The van der Waals surface area contributed by atoms with Crippen molar-refractivity contribution in [3.05, 3.63) is 292 Å². The third kappa shape index (κ3) is 16.6. The molecule has 2 heterocycles. The molecule has 0 saturated heterocycles. The Morgan fingerprint density at radius 3 is 1.04 bits per heavy atom. The highest BCUT2D eigenvalue weighted by atomic mass is 35.7. The summed E-state index contributed by atoms with van der Waals surface area (Å²) in [5.74, 6) is -1.87. The molecule has 0 saturated carbocycles. The topological polar surface area (TPSA) is 131 Å². The summed E-state index contributed by atoms with van der Waals surface area (Å²) < 4.78 is 99.2. The zero-order chi connectivity index (χ0) is 65.1. The normalized spacial score (nSPS) is 10.9. The molecule has 0 aliphatic carbocycles. The first-order valence-electron chi connectivity index (χ1n) is 29.0. The van der Waals surface area contributed by atoms with Crippen LogP contribution in [0.5, 0.6) is 47.0 Å².